The highest BCUT2D eigenvalue weighted by Crippen LogP contribution is 2.30. The van der Waals surface area contributed by atoms with Crippen LogP contribution in [0, 0.1) is 0 Å². The van der Waals surface area contributed by atoms with Gasteiger partial charge in [0.1, 0.15) is 5.75 Å². The summed E-state index contributed by atoms with van der Waals surface area (Å²) in [4.78, 5) is 0. The van der Waals surface area contributed by atoms with Crippen LogP contribution < -0.4 is 0 Å². The molecule has 2 rings (SSSR count). The van der Waals surface area contributed by atoms with Crippen LogP contribution in [-0.4, -0.2) is 10.2 Å². The maximum Gasteiger partial charge on any atom is 0.116 e. The van der Waals surface area contributed by atoms with Gasteiger partial charge in [0.25, 0.3) is 0 Å². The number of phenolic OH excluding ortho intramolecular Hbond substituents is 1. The van der Waals surface area contributed by atoms with Gasteiger partial charge in [-0.15, -0.1) is 0 Å². The molecular weight excluding hydrogens is 228 g/mol. The maximum absolute atomic E-state index is 9.61. The second-order valence-electron chi connectivity index (χ2n) is 3.95. The van der Waals surface area contributed by atoms with Crippen LogP contribution in [0.15, 0.2) is 58.8 Å². The Morgan fingerprint density at radius 2 is 1.72 bits per heavy atom. The van der Waals surface area contributed by atoms with E-state index in [-0.39, 0.29) is 5.75 Å². The standard InChI is InChI=1S/C14H14N2O2/c1-10(17)13-9-12(18)7-8-14(13)16-15-11-5-3-2-4-6-11/h2-10,17-18H,1H3. The number of azo groups is 1. The third-order valence-electron chi connectivity index (χ3n) is 2.49. The third kappa shape index (κ3) is 2.93. The number of rotatable bonds is 3. The molecule has 0 saturated heterocycles. The summed E-state index contributed by atoms with van der Waals surface area (Å²) in [6.07, 6.45) is -0.707. The van der Waals surface area contributed by atoms with Crippen LogP contribution >= 0.6 is 0 Å². The Labute approximate surface area is 105 Å². The average Bonchev–Trinajstić information content (AvgIpc) is 2.38. The van der Waals surface area contributed by atoms with Gasteiger partial charge in [-0.2, -0.15) is 10.2 Å². The van der Waals surface area contributed by atoms with Crippen molar-refractivity contribution in [3.63, 3.8) is 0 Å². The third-order valence-corrected chi connectivity index (χ3v) is 2.49. The molecule has 18 heavy (non-hydrogen) atoms. The molecule has 0 amide bonds. The van der Waals surface area contributed by atoms with Gasteiger partial charge < -0.3 is 10.2 Å². The second-order valence-corrected chi connectivity index (χ2v) is 3.95. The summed E-state index contributed by atoms with van der Waals surface area (Å²) in [7, 11) is 0. The van der Waals surface area contributed by atoms with E-state index >= 15 is 0 Å². The summed E-state index contributed by atoms with van der Waals surface area (Å²) in [5, 5.41) is 27.2. The van der Waals surface area contributed by atoms with E-state index in [4.69, 9.17) is 0 Å². The summed E-state index contributed by atoms with van der Waals surface area (Å²) < 4.78 is 0. The monoisotopic (exact) mass is 242 g/mol. The van der Waals surface area contributed by atoms with Crippen molar-refractivity contribution < 1.29 is 10.2 Å². The van der Waals surface area contributed by atoms with Crippen molar-refractivity contribution in [1.29, 1.82) is 0 Å². The number of hydrogen-bond donors (Lipinski definition) is 2. The average molecular weight is 242 g/mol. The number of phenols is 1. The van der Waals surface area contributed by atoms with Gasteiger partial charge in [-0.05, 0) is 37.3 Å². The lowest BCUT2D eigenvalue weighted by Gasteiger charge is -2.07. The highest BCUT2D eigenvalue weighted by atomic mass is 16.3. The van der Waals surface area contributed by atoms with Gasteiger partial charge in [0.2, 0.25) is 0 Å². The molecule has 4 nitrogen and oxygen atoms in total. The molecule has 0 aliphatic heterocycles. The molecule has 92 valence electrons. The quantitative estimate of drug-likeness (QED) is 0.802. The number of nitrogens with zero attached hydrogens (tertiary/aromatic N) is 2. The maximum atomic E-state index is 9.61. The number of aromatic hydroxyl groups is 1. The van der Waals surface area contributed by atoms with E-state index in [0.29, 0.717) is 11.3 Å². The first-order valence-corrected chi connectivity index (χ1v) is 5.64. The zero-order chi connectivity index (χ0) is 13.0. The van der Waals surface area contributed by atoms with Crippen LogP contribution in [-0.2, 0) is 0 Å². The molecule has 0 spiro atoms. The van der Waals surface area contributed by atoms with Gasteiger partial charge >= 0.3 is 0 Å². The molecule has 0 heterocycles. The normalized spacial score (nSPS) is 12.8. The molecular formula is C14H14N2O2. The fourth-order valence-corrected chi connectivity index (χ4v) is 1.57. The van der Waals surface area contributed by atoms with Gasteiger partial charge in [0.05, 0.1) is 17.5 Å². The molecule has 2 aromatic carbocycles. The van der Waals surface area contributed by atoms with E-state index in [0.717, 1.165) is 5.69 Å². The summed E-state index contributed by atoms with van der Waals surface area (Å²) >= 11 is 0. The smallest absolute Gasteiger partial charge is 0.116 e. The highest BCUT2D eigenvalue weighted by molar-refractivity contribution is 5.50. The van der Waals surface area contributed by atoms with Crippen molar-refractivity contribution in [1.82, 2.24) is 0 Å². The van der Waals surface area contributed by atoms with E-state index in [1.165, 1.54) is 12.1 Å². The first kappa shape index (κ1) is 12.3. The summed E-state index contributed by atoms with van der Waals surface area (Å²) in [6, 6.07) is 14.0. The van der Waals surface area contributed by atoms with E-state index in [1.807, 2.05) is 30.3 Å². The molecule has 0 saturated carbocycles. The van der Waals surface area contributed by atoms with E-state index < -0.39 is 6.10 Å². The first-order valence-electron chi connectivity index (χ1n) is 5.64. The Balaban J connectivity index is 2.32. The fourth-order valence-electron chi connectivity index (χ4n) is 1.57. The van der Waals surface area contributed by atoms with E-state index in [9.17, 15) is 10.2 Å². The molecule has 0 radical (unpaired) electrons. The number of aliphatic hydroxyl groups is 1. The molecule has 1 unspecified atom stereocenters. The van der Waals surface area contributed by atoms with E-state index in [2.05, 4.69) is 10.2 Å². The highest BCUT2D eigenvalue weighted by Gasteiger charge is 2.08. The van der Waals surface area contributed by atoms with Crippen molar-refractivity contribution in [2.45, 2.75) is 13.0 Å². The lowest BCUT2D eigenvalue weighted by molar-refractivity contribution is 0.199. The van der Waals surface area contributed by atoms with Crippen molar-refractivity contribution in [3.05, 3.63) is 54.1 Å². The van der Waals surface area contributed by atoms with Gasteiger partial charge in [-0.3, -0.25) is 0 Å². The van der Waals surface area contributed by atoms with Crippen molar-refractivity contribution in [2.75, 3.05) is 0 Å². The van der Waals surface area contributed by atoms with Gasteiger partial charge in [-0.25, -0.2) is 0 Å². The van der Waals surface area contributed by atoms with Gasteiger partial charge in [-0.1, -0.05) is 18.2 Å². The molecule has 0 aromatic heterocycles. The van der Waals surface area contributed by atoms with Crippen LogP contribution in [0.4, 0.5) is 11.4 Å². The van der Waals surface area contributed by atoms with Crippen LogP contribution in [0.3, 0.4) is 0 Å². The number of benzene rings is 2. The largest absolute Gasteiger partial charge is 0.508 e. The molecule has 0 aliphatic carbocycles. The van der Waals surface area contributed by atoms with Crippen LogP contribution in [0.25, 0.3) is 0 Å². The Kier molecular flexibility index (Phi) is 3.69. The Morgan fingerprint density at radius 3 is 2.39 bits per heavy atom. The molecule has 2 N–H and O–H groups in total. The van der Waals surface area contributed by atoms with Crippen molar-refractivity contribution in [2.24, 2.45) is 10.2 Å². The molecule has 0 aliphatic rings. The number of aliphatic hydroxyl groups excluding tert-OH is 1. The minimum Gasteiger partial charge on any atom is -0.508 e. The first-order chi connectivity index (χ1) is 8.66. The van der Waals surface area contributed by atoms with Crippen LogP contribution in [0.1, 0.15) is 18.6 Å². The van der Waals surface area contributed by atoms with E-state index in [1.54, 1.807) is 13.0 Å². The van der Waals surface area contributed by atoms with Crippen LogP contribution in [0.5, 0.6) is 5.75 Å². The topological polar surface area (TPSA) is 65.2 Å². The Morgan fingerprint density at radius 1 is 1.00 bits per heavy atom. The zero-order valence-electron chi connectivity index (χ0n) is 9.99. The number of hydrogen-bond acceptors (Lipinski definition) is 4. The van der Waals surface area contributed by atoms with Crippen LogP contribution in [0.2, 0.25) is 0 Å². The summed E-state index contributed by atoms with van der Waals surface area (Å²) in [5.41, 5.74) is 1.84. The predicted octanol–water partition coefficient (Wildman–Crippen LogP) is 3.86. The van der Waals surface area contributed by atoms with Gasteiger partial charge in [0, 0.05) is 5.56 Å². The minimum absolute atomic E-state index is 0.101. The lowest BCUT2D eigenvalue weighted by atomic mass is 10.1. The SMILES string of the molecule is CC(O)c1cc(O)ccc1N=Nc1ccccc1. The molecule has 0 bridgehead atoms. The molecule has 0 fully saturated rings. The second kappa shape index (κ2) is 5.42. The lowest BCUT2D eigenvalue weighted by Crippen LogP contribution is -1.90. The Bertz CT molecular complexity index is 551. The molecule has 4 heteroatoms. The van der Waals surface area contributed by atoms with Gasteiger partial charge in [0.15, 0.2) is 0 Å². The fraction of sp³-hybridized carbons (Fsp3) is 0.143. The van der Waals surface area contributed by atoms with Crippen molar-refractivity contribution in [3.8, 4) is 5.75 Å². The van der Waals surface area contributed by atoms with Crippen molar-refractivity contribution >= 4 is 11.4 Å². The molecule has 2 aromatic rings. The minimum atomic E-state index is -0.707. The summed E-state index contributed by atoms with van der Waals surface area (Å²) in [6.45, 7) is 1.62. The Hall–Kier alpha value is -2.20. The zero-order valence-corrected chi connectivity index (χ0v) is 9.99. The molecule has 1 atom stereocenters. The predicted molar refractivity (Wildman–Crippen MR) is 69.4 cm³/mol. The summed E-state index contributed by atoms with van der Waals surface area (Å²) in [5.74, 6) is 0.101.